The molecule has 1 aliphatic heterocycles. The summed E-state index contributed by atoms with van der Waals surface area (Å²) in [7, 11) is 4.06. The molecule has 2 amide bonds. The lowest BCUT2D eigenvalue weighted by molar-refractivity contribution is 0.257. The molecule has 0 saturated carbocycles. The molecule has 0 radical (unpaired) electrons. The first-order valence-electron chi connectivity index (χ1n) is 9.56. The third kappa shape index (κ3) is 3.77. The number of urea groups is 1. The highest BCUT2D eigenvalue weighted by atomic mass is 16.2. The number of fused-ring (bicyclic) bond motifs is 1. The van der Waals surface area contributed by atoms with Crippen molar-refractivity contribution in [3.05, 3.63) is 66.4 Å². The number of hydrogen-bond donors (Lipinski definition) is 1. The zero-order valence-corrected chi connectivity index (χ0v) is 16.3. The maximum absolute atomic E-state index is 12.9. The average Bonchev–Trinajstić information content (AvgIpc) is 3.33. The molecule has 0 saturated heterocycles. The zero-order chi connectivity index (χ0) is 19.5. The van der Waals surface area contributed by atoms with Gasteiger partial charge in [-0.1, -0.05) is 42.5 Å². The average molecular weight is 375 g/mol. The van der Waals surface area contributed by atoms with Crippen LogP contribution in [-0.4, -0.2) is 47.9 Å². The quantitative estimate of drug-likeness (QED) is 0.740. The van der Waals surface area contributed by atoms with Gasteiger partial charge in [0.2, 0.25) is 0 Å². The Morgan fingerprint density at radius 1 is 1.11 bits per heavy atom. The first kappa shape index (κ1) is 18.3. The smallest absolute Gasteiger partial charge is 0.308 e. The van der Waals surface area contributed by atoms with Crippen LogP contribution < -0.4 is 10.2 Å². The number of nitrogens with one attached hydrogen (secondary N) is 1. The van der Waals surface area contributed by atoms with E-state index in [0.717, 1.165) is 25.2 Å². The van der Waals surface area contributed by atoms with Gasteiger partial charge in [0.25, 0.3) is 0 Å². The van der Waals surface area contributed by atoms with E-state index in [9.17, 15) is 4.79 Å². The van der Waals surface area contributed by atoms with Crippen molar-refractivity contribution in [1.29, 1.82) is 0 Å². The largest absolute Gasteiger partial charge is 0.327 e. The fraction of sp³-hybridized carbons (Fsp3) is 0.273. The van der Waals surface area contributed by atoms with Gasteiger partial charge in [-0.25, -0.2) is 4.79 Å². The second-order valence-corrected chi connectivity index (χ2v) is 7.27. The van der Waals surface area contributed by atoms with Gasteiger partial charge in [0.15, 0.2) is 5.82 Å². The number of hydrogen-bond acceptors (Lipinski definition) is 3. The molecule has 1 N–H and O–H groups in total. The Bertz CT molecular complexity index is 964. The van der Waals surface area contributed by atoms with Gasteiger partial charge < -0.3 is 4.90 Å². The summed E-state index contributed by atoms with van der Waals surface area (Å²) < 4.78 is 1.85. The van der Waals surface area contributed by atoms with Crippen LogP contribution in [-0.2, 0) is 13.0 Å². The molecule has 4 rings (SSSR count). The summed E-state index contributed by atoms with van der Waals surface area (Å²) in [5, 5.41) is 7.38. The molecule has 0 fully saturated rings. The molecular formula is C22H25N5O. The van der Waals surface area contributed by atoms with Crippen molar-refractivity contribution in [2.75, 3.05) is 37.4 Å². The molecular weight excluding hydrogens is 350 g/mol. The molecule has 1 aliphatic rings. The molecule has 0 aliphatic carbocycles. The van der Waals surface area contributed by atoms with Crippen molar-refractivity contribution in [2.24, 2.45) is 0 Å². The number of nitrogens with zero attached hydrogens (tertiary/aromatic N) is 4. The lowest BCUT2D eigenvalue weighted by atomic mass is 9.98. The highest BCUT2D eigenvalue weighted by Gasteiger charge is 2.27. The van der Waals surface area contributed by atoms with Crippen LogP contribution in [0.25, 0.3) is 11.1 Å². The van der Waals surface area contributed by atoms with Crippen LogP contribution in [0.15, 0.2) is 60.8 Å². The Balaban J connectivity index is 1.50. The molecule has 144 valence electrons. The van der Waals surface area contributed by atoms with Crippen LogP contribution in [0.5, 0.6) is 0 Å². The van der Waals surface area contributed by atoms with E-state index in [0.29, 0.717) is 12.4 Å². The third-order valence-corrected chi connectivity index (χ3v) is 5.01. The molecule has 2 heterocycles. The number of anilines is 2. The molecule has 0 unspecified atom stereocenters. The van der Waals surface area contributed by atoms with Gasteiger partial charge in [0.1, 0.15) is 0 Å². The van der Waals surface area contributed by atoms with Gasteiger partial charge in [0, 0.05) is 31.0 Å². The number of carbonyl (C=O) groups excluding carboxylic acids is 1. The number of rotatable bonds is 5. The van der Waals surface area contributed by atoms with Crippen molar-refractivity contribution in [3.63, 3.8) is 0 Å². The Hall–Kier alpha value is -3.12. The highest BCUT2D eigenvalue weighted by Crippen LogP contribution is 2.36. The number of amides is 2. The van der Waals surface area contributed by atoms with E-state index < -0.39 is 0 Å². The number of carbonyl (C=O) groups is 1. The first-order valence-corrected chi connectivity index (χ1v) is 9.56. The number of aromatic nitrogens is 2. The van der Waals surface area contributed by atoms with Gasteiger partial charge >= 0.3 is 6.03 Å². The summed E-state index contributed by atoms with van der Waals surface area (Å²) >= 11 is 0. The summed E-state index contributed by atoms with van der Waals surface area (Å²) in [4.78, 5) is 16.8. The van der Waals surface area contributed by atoms with Crippen molar-refractivity contribution in [1.82, 2.24) is 14.7 Å². The van der Waals surface area contributed by atoms with E-state index in [1.807, 2.05) is 61.4 Å². The van der Waals surface area contributed by atoms with E-state index in [-0.39, 0.29) is 6.03 Å². The summed E-state index contributed by atoms with van der Waals surface area (Å²) in [6.07, 6.45) is 2.75. The summed E-state index contributed by atoms with van der Waals surface area (Å²) in [5.74, 6) is 0.580. The Morgan fingerprint density at radius 3 is 2.71 bits per heavy atom. The predicted octanol–water partition coefficient (Wildman–Crippen LogP) is 3.71. The van der Waals surface area contributed by atoms with Crippen molar-refractivity contribution in [3.8, 4) is 11.1 Å². The Morgan fingerprint density at radius 2 is 1.93 bits per heavy atom. The van der Waals surface area contributed by atoms with Crippen LogP contribution in [0.1, 0.15) is 5.56 Å². The molecule has 1 aromatic heterocycles. The van der Waals surface area contributed by atoms with E-state index in [4.69, 9.17) is 0 Å². The van der Waals surface area contributed by atoms with Crippen molar-refractivity contribution >= 4 is 17.5 Å². The van der Waals surface area contributed by atoms with Crippen molar-refractivity contribution in [2.45, 2.75) is 13.0 Å². The lowest BCUT2D eigenvalue weighted by Gasteiger charge is -2.18. The second kappa shape index (κ2) is 7.86. The molecule has 0 bridgehead atoms. The van der Waals surface area contributed by atoms with Gasteiger partial charge in [-0.3, -0.25) is 14.9 Å². The van der Waals surface area contributed by atoms with Gasteiger partial charge in [-0.15, -0.1) is 0 Å². The number of benzene rings is 2. The summed E-state index contributed by atoms with van der Waals surface area (Å²) in [6.45, 7) is 2.36. The molecule has 6 heteroatoms. The first-order chi connectivity index (χ1) is 13.6. The summed E-state index contributed by atoms with van der Waals surface area (Å²) in [5.41, 5.74) is 4.58. The van der Waals surface area contributed by atoms with E-state index >= 15 is 0 Å². The summed E-state index contributed by atoms with van der Waals surface area (Å²) in [6, 6.07) is 18.2. The van der Waals surface area contributed by atoms with E-state index in [1.54, 1.807) is 4.90 Å². The normalized spacial score (nSPS) is 13.0. The minimum absolute atomic E-state index is 0.137. The monoisotopic (exact) mass is 375 g/mol. The minimum Gasteiger partial charge on any atom is -0.308 e. The SMILES string of the molecule is CN(C)CCn1ccc(NC(=O)N2CCc3c(-c4ccccc4)cccc32)n1. The topological polar surface area (TPSA) is 53.4 Å². The molecule has 0 atom stereocenters. The molecule has 3 aromatic rings. The van der Waals surface area contributed by atoms with E-state index in [1.165, 1.54) is 16.7 Å². The minimum atomic E-state index is -0.137. The molecule has 2 aromatic carbocycles. The fourth-order valence-electron chi connectivity index (χ4n) is 3.57. The Kier molecular flexibility index (Phi) is 5.12. The molecule has 6 nitrogen and oxygen atoms in total. The van der Waals surface area contributed by atoms with Gasteiger partial charge in [-0.05, 0) is 43.3 Å². The van der Waals surface area contributed by atoms with Crippen LogP contribution in [0, 0.1) is 0 Å². The molecule has 0 spiro atoms. The van der Waals surface area contributed by atoms with E-state index in [2.05, 4.69) is 33.5 Å². The maximum atomic E-state index is 12.9. The highest BCUT2D eigenvalue weighted by molar-refractivity contribution is 6.03. The number of likely N-dealkylation sites (N-methyl/N-ethyl adjacent to an activating group) is 1. The van der Waals surface area contributed by atoms with Crippen LogP contribution in [0.3, 0.4) is 0 Å². The lowest BCUT2D eigenvalue weighted by Crippen LogP contribution is -2.33. The van der Waals surface area contributed by atoms with Crippen LogP contribution in [0.4, 0.5) is 16.3 Å². The van der Waals surface area contributed by atoms with Gasteiger partial charge in [0.05, 0.1) is 6.54 Å². The molecule has 28 heavy (non-hydrogen) atoms. The third-order valence-electron chi connectivity index (χ3n) is 5.01. The zero-order valence-electron chi connectivity index (χ0n) is 16.3. The Labute approximate surface area is 165 Å². The second-order valence-electron chi connectivity index (χ2n) is 7.27. The van der Waals surface area contributed by atoms with Crippen LogP contribution >= 0.6 is 0 Å². The standard InChI is InChI=1S/C22H25N5O/c1-25(2)15-16-26-13-12-21(24-26)23-22(28)27-14-11-19-18(9-6-10-20(19)27)17-7-4-3-5-8-17/h3-10,12-13H,11,14-16H2,1-2H3,(H,23,24,28). The van der Waals surface area contributed by atoms with Crippen LogP contribution in [0.2, 0.25) is 0 Å². The maximum Gasteiger partial charge on any atom is 0.327 e. The fourth-order valence-corrected chi connectivity index (χ4v) is 3.57. The van der Waals surface area contributed by atoms with Crippen molar-refractivity contribution < 1.29 is 4.79 Å². The van der Waals surface area contributed by atoms with Gasteiger partial charge in [-0.2, -0.15) is 5.10 Å². The predicted molar refractivity (Wildman–Crippen MR) is 113 cm³/mol.